The van der Waals surface area contributed by atoms with Crippen LogP contribution in [0.3, 0.4) is 0 Å². The lowest BCUT2D eigenvalue weighted by atomic mass is 9.51. The maximum atomic E-state index is 13.8. The molecule has 0 unspecified atom stereocenters. The molecule has 1 N–H and O–H groups in total. The van der Waals surface area contributed by atoms with Gasteiger partial charge in [0.15, 0.2) is 5.79 Å². The molecule has 0 aromatic heterocycles. The monoisotopic (exact) mass is 521 g/mol. The van der Waals surface area contributed by atoms with E-state index in [2.05, 4.69) is 71.0 Å². The first kappa shape index (κ1) is 26.5. The number of nitrogens with zero attached hydrogens (tertiary/aromatic N) is 1. The number of aliphatic hydroxyl groups is 1. The standard InChI is InChI=1S/C33H47NO4/c1-7-21-16-27-24-12-14-32(36)18-33(37-19-30(2,3)20-38-33)15-13-26(32)28(24)25(17-31(27,4)29(21)35)22-8-10-23(11-9-22)34(5)6/h8-11,21,24-25,27,36H,7,12-20H2,1-6H3/t21-,24-,25+,27-,31-,32+/m0/s1. The van der Waals surface area contributed by atoms with E-state index >= 15 is 0 Å². The number of rotatable bonds is 3. The van der Waals surface area contributed by atoms with Crippen LogP contribution < -0.4 is 4.90 Å². The summed E-state index contributed by atoms with van der Waals surface area (Å²) in [6, 6.07) is 8.92. The lowest BCUT2D eigenvalue weighted by molar-refractivity contribution is -0.322. The second-order valence-electron chi connectivity index (χ2n) is 14.4. The van der Waals surface area contributed by atoms with Gasteiger partial charge in [-0.05, 0) is 73.6 Å². The number of Topliss-reactive ketones (excluding diaryl/α,β-unsaturated/α-hetero) is 1. The molecule has 0 radical (unpaired) electrons. The third kappa shape index (κ3) is 4.02. The van der Waals surface area contributed by atoms with Crippen LogP contribution in [0.25, 0.3) is 0 Å². The number of hydrogen-bond acceptors (Lipinski definition) is 5. The van der Waals surface area contributed by atoms with Crippen molar-refractivity contribution in [2.24, 2.45) is 28.6 Å². The predicted molar refractivity (Wildman–Crippen MR) is 150 cm³/mol. The van der Waals surface area contributed by atoms with E-state index in [1.807, 2.05) is 0 Å². The van der Waals surface area contributed by atoms with Gasteiger partial charge in [-0.1, -0.05) is 45.4 Å². The van der Waals surface area contributed by atoms with Crippen LogP contribution in [0.15, 0.2) is 35.4 Å². The summed E-state index contributed by atoms with van der Waals surface area (Å²) >= 11 is 0. The zero-order chi connectivity index (χ0) is 27.1. The van der Waals surface area contributed by atoms with Gasteiger partial charge in [0.05, 0.1) is 18.8 Å². The third-order valence-corrected chi connectivity index (χ3v) is 11.0. The number of benzene rings is 1. The van der Waals surface area contributed by atoms with Gasteiger partial charge in [-0.15, -0.1) is 0 Å². The fourth-order valence-corrected chi connectivity index (χ4v) is 8.86. The Hall–Kier alpha value is -1.69. The SMILES string of the molecule is CC[C@H]1C[C@H]2[C@@H]3CC[C@@]4(O)CC5(CCC4=C3[C@@H](c3ccc(N(C)C)cc3)C[C@]2(C)C1=O)OCC(C)(C)CO5. The van der Waals surface area contributed by atoms with Crippen LogP contribution in [0, 0.1) is 28.6 Å². The summed E-state index contributed by atoms with van der Waals surface area (Å²) in [6.45, 7) is 10.1. The van der Waals surface area contributed by atoms with Crippen molar-refractivity contribution in [3.05, 3.63) is 41.0 Å². The highest BCUT2D eigenvalue weighted by Crippen LogP contribution is 2.65. The summed E-state index contributed by atoms with van der Waals surface area (Å²) in [5.41, 5.74) is 3.99. The Morgan fingerprint density at radius 3 is 2.37 bits per heavy atom. The molecule has 5 heteroatoms. The van der Waals surface area contributed by atoms with Gasteiger partial charge in [-0.3, -0.25) is 4.79 Å². The number of carbonyl (C=O) groups excluding carboxylic acids is 1. The largest absolute Gasteiger partial charge is 0.385 e. The summed E-state index contributed by atoms with van der Waals surface area (Å²) in [6.07, 6.45) is 6.58. The zero-order valence-electron chi connectivity index (χ0n) is 24.3. The molecule has 4 fully saturated rings. The average Bonchev–Trinajstić information content (AvgIpc) is 3.15. The van der Waals surface area contributed by atoms with E-state index < -0.39 is 11.4 Å². The topological polar surface area (TPSA) is 59.0 Å². The van der Waals surface area contributed by atoms with Gasteiger partial charge >= 0.3 is 0 Å². The van der Waals surface area contributed by atoms with Gasteiger partial charge in [0, 0.05) is 55.3 Å². The van der Waals surface area contributed by atoms with Crippen LogP contribution in [0.5, 0.6) is 0 Å². The molecule has 0 amide bonds. The fourth-order valence-electron chi connectivity index (χ4n) is 8.86. The van der Waals surface area contributed by atoms with Crippen molar-refractivity contribution in [1.82, 2.24) is 0 Å². The number of ether oxygens (including phenoxy) is 2. The molecular formula is C33H47NO4. The van der Waals surface area contributed by atoms with E-state index in [9.17, 15) is 9.90 Å². The van der Waals surface area contributed by atoms with E-state index in [0.717, 1.165) is 44.9 Å². The molecule has 1 spiro atoms. The smallest absolute Gasteiger partial charge is 0.171 e. The van der Waals surface area contributed by atoms with Crippen molar-refractivity contribution in [2.45, 2.75) is 96.4 Å². The highest BCUT2D eigenvalue weighted by Gasteiger charge is 2.62. The molecule has 5 nitrogen and oxygen atoms in total. The number of hydrogen-bond donors (Lipinski definition) is 1. The first-order valence-electron chi connectivity index (χ1n) is 15.0. The Labute approximate surface area is 229 Å². The van der Waals surface area contributed by atoms with Gasteiger partial charge in [0.25, 0.3) is 0 Å². The summed E-state index contributed by atoms with van der Waals surface area (Å²) in [5.74, 6) is 0.893. The summed E-state index contributed by atoms with van der Waals surface area (Å²) in [7, 11) is 4.14. The lowest BCUT2D eigenvalue weighted by Crippen LogP contribution is -2.57. The van der Waals surface area contributed by atoms with Gasteiger partial charge in [-0.25, -0.2) is 0 Å². The lowest BCUT2D eigenvalue weighted by Gasteiger charge is -2.56. The summed E-state index contributed by atoms with van der Waals surface area (Å²) < 4.78 is 12.8. The molecule has 38 heavy (non-hydrogen) atoms. The van der Waals surface area contributed by atoms with Crippen molar-refractivity contribution >= 4 is 11.5 Å². The highest BCUT2D eigenvalue weighted by molar-refractivity contribution is 5.90. The summed E-state index contributed by atoms with van der Waals surface area (Å²) in [4.78, 5) is 15.9. The number of fused-ring (bicyclic) bond motifs is 4. The van der Waals surface area contributed by atoms with Crippen molar-refractivity contribution in [2.75, 3.05) is 32.2 Å². The van der Waals surface area contributed by atoms with E-state index in [1.165, 1.54) is 22.4 Å². The van der Waals surface area contributed by atoms with Gasteiger partial charge in [0.1, 0.15) is 5.78 Å². The molecule has 5 aliphatic rings. The van der Waals surface area contributed by atoms with E-state index in [1.54, 1.807) is 0 Å². The molecule has 1 saturated heterocycles. The Morgan fingerprint density at radius 1 is 1.05 bits per heavy atom. The van der Waals surface area contributed by atoms with E-state index in [4.69, 9.17) is 9.47 Å². The Bertz CT molecular complexity index is 1130. The second-order valence-corrected chi connectivity index (χ2v) is 14.4. The quantitative estimate of drug-likeness (QED) is 0.476. The van der Waals surface area contributed by atoms with E-state index in [0.29, 0.717) is 37.3 Å². The van der Waals surface area contributed by atoms with Crippen molar-refractivity contribution in [3.8, 4) is 0 Å². The van der Waals surface area contributed by atoms with Crippen molar-refractivity contribution < 1.29 is 19.4 Å². The van der Waals surface area contributed by atoms with Crippen LogP contribution in [-0.2, 0) is 14.3 Å². The first-order valence-corrected chi connectivity index (χ1v) is 15.0. The van der Waals surface area contributed by atoms with Crippen LogP contribution >= 0.6 is 0 Å². The highest BCUT2D eigenvalue weighted by atomic mass is 16.7. The molecule has 0 bridgehead atoms. The predicted octanol–water partition coefficient (Wildman–Crippen LogP) is 6.25. The third-order valence-electron chi connectivity index (χ3n) is 11.0. The van der Waals surface area contributed by atoms with Crippen LogP contribution in [0.2, 0.25) is 0 Å². The van der Waals surface area contributed by atoms with Gasteiger partial charge in [-0.2, -0.15) is 0 Å². The molecule has 6 rings (SSSR count). The zero-order valence-corrected chi connectivity index (χ0v) is 24.3. The second kappa shape index (κ2) is 8.91. The molecule has 1 heterocycles. The van der Waals surface area contributed by atoms with Gasteiger partial charge in [0.2, 0.25) is 0 Å². The van der Waals surface area contributed by atoms with Gasteiger partial charge < -0.3 is 19.5 Å². The summed E-state index contributed by atoms with van der Waals surface area (Å²) in [5, 5.41) is 12.3. The van der Waals surface area contributed by atoms with Crippen LogP contribution in [-0.4, -0.2) is 49.6 Å². The maximum absolute atomic E-state index is 13.8. The Kier molecular flexibility index (Phi) is 6.22. The maximum Gasteiger partial charge on any atom is 0.171 e. The molecule has 3 saturated carbocycles. The molecular weight excluding hydrogens is 474 g/mol. The molecule has 208 valence electrons. The first-order chi connectivity index (χ1) is 17.9. The number of carbonyl (C=O) groups is 1. The Balaban J connectivity index is 1.42. The van der Waals surface area contributed by atoms with Crippen LogP contribution in [0.1, 0.15) is 90.5 Å². The molecule has 1 aromatic carbocycles. The molecule has 1 aromatic rings. The number of allylic oxidation sites excluding steroid dienone is 1. The Morgan fingerprint density at radius 2 is 1.74 bits per heavy atom. The minimum absolute atomic E-state index is 0.00669. The minimum Gasteiger partial charge on any atom is -0.385 e. The number of anilines is 1. The molecule has 6 atom stereocenters. The normalized spacial score (nSPS) is 39.5. The van der Waals surface area contributed by atoms with Crippen molar-refractivity contribution in [1.29, 1.82) is 0 Å². The molecule has 1 aliphatic heterocycles. The average molecular weight is 522 g/mol. The van der Waals surface area contributed by atoms with Crippen LogP contribution in [0.4, 0.5) is 5.69 Å². The fraction of sp³-hybridized carbons (Fsp3) is 0.727. The minimum atomic E-state index is -0.895. The molecule has 4 aliphatic carbocycles. The van der Waals surface area contributed by atoms with Crippen molar-refractivity contribution in [3.63, 3.8) is 0 Å². The number of ketones is 1. The van der Waals surface area contributed by atoms with E-state index in [-0.39, 0.29) is 22.7 Å².